The lowest BCUT2D eigenvalue weighted by atomic mass is 9.62. The molecule has 2 aromatic carbocycles. The first kappa shape index (κ1) is 15.6. The summed E-state index contributed by atoms with van der Waals surface area (Å²) in [4.78, 5) is 0. The zero-order chi connectivity index (χ0) is 16.7. The number of hydrogen-bond donors (Lipinski definition) is 2. The fraction of sp³-hybridized carbons (Fsp3) is 0.333. The van der Waals surface area contributed by atoms with Gasteiger partial charge in [-0.1, -0.05) is 12.1 Å². The SMILES string of the molecule is COc1ccc(C2C([O-])C(c3c(C)cc(O)cc3O)C2[O-])cc1. The maximum atomic E-state index is 12.6. The lowest BCUT2D eigenvalue weighted by Gasteiger charge is -2.62. The molecule has 2 unspecified atom stereocenters. The second-order valence-corrected chi connectivity index (χ2v) is 5.95. The Labute approximate surface area is 134 Å². The molecular formula is C18H18O5-2. The van der Waals surface area contributed by atoms with Gasteiger partial charge in [0.1, 0.15) is 17.2 Å². The molecule has 0 aromatic heterocycles. The topological polar surface area (TPSA) is 95.8 Å². The van der Waals surface area contributed by atoms with Gasteiger partial charge >= 0.3 is 0 Å². The lowest BCUT2D eigenvalue weighted by Crippen LogP contribution is -2.63. The van der Waals surface area contributed by atoms with Crippen LogP contribution >= 0.6 is 0 Å². The minimum atomic E-state index is -1.12. The quantitative estimate of drug-likeness (QED) is 0.872. The second kappa shape index (κ2) is 5.76. The predicted molar refractivity (Wildman–Crippen MR) is 80.6 cm³/mol. The molecule has 0 amide bonds. The maximum absolute atomic E-state index is 12.6. The standard InChI is InChI=1S/C18H18O5/c1-9-7-11(19)8-13(20)14(9)16-17(21)15(18(16)22)10-3-5-12(23-2)6-4-10/h3-8,15-20H,1-2H3/q-2. The average molecular weight is 314 g/mol. The van der Waals surface area contributed by atoms with Crippen LogP contribution in [0, 0.1) is 6.92 Å². The minimum Gasteiger partial charge on any atom is -0.851 e. The fourth-order valence-corrected chi connectivity index (χ4v) is 3.40. The van der Waals surface area contributed by atoms with E-state index in [4.69, 9.17) is 4.74 Å². The number of aryl methyl sites for hydroxylation is 1. The molecule has 0 radical (unpaired) electrons. The Bertz CT molecular complexity index is 677. The molecule has 5 nitrogen and oxygen atoms in total. The first-order chi connectivity index (χ1) is 10.9. The molecule has 1 aliphatic rings. The number of aromatic hydroxyl groups is 2. The van der Waals surface area contributed by atoms with Gasteiger partial charge in [0.15, 0.2) is 0 Å². The smallest absolute Gasteiger partial charge is 0.122 e. The van der Waals surface area contributed by atoms with E-state index in [1.165, 1.54) is 12.1 Å². The van der Waals surface area contributed by atoms with Crippen LogP contribution in [0.1, 0.15) is 28.5 Å². The van der Waals surface area contributed by atoms with Crippen LogP contribution in [-0.2, 0) is 0 Å². The van der Waals surface area contributed by atoms with Crippen LogP contribution < -0.4 is 14.9 Å². The van der Waals surface area contributed by atoms with Gasteiger partial charge in [-0.05, 0) is 53.6 Å². The summed E-state index contributed by atoms with van der Waals surface area (Å²) in [6.07, 6.45) is -2.25. The van der Waals surface area contributed by atoms with Crippen LogP contribution in [0.3, 0.4) is 0 Å². The Kier molecular flexibility index (Phi) is 3.92. The summed E-state index contributed by atoms with van der Waals surface area (Å²) >= 11 is 0. The highest BCUT2D eigenvalue weighted by molar-refractivity contribution is 5.50. The molecule has 0 aliphatic heterocycles. The Morgan fingerprint density at radius 2 is 1.57 bits per heavy atom. The summed E-state index contributed by atoms with van der Waals surface area (Å²) in [6.45, 7) is 1.68. The number of ether oxygens (including phenoxy) is 1. The van der Waals surface area contributed by atoms with Crippen molar-refractivity contribution in [2.24, 2.45) is 0 Å². The third-order valence-electron chi connectivity index (χ3n) is 4.60. The van der Waals surface area contributed by atoms with Crippen molar-refractivity contribution >= 4 is 0 Å². The van der Waals surface area contributed by atoms with Gasteiger partial charge in [-0.15, -0.1) is 12.2 Å². The molecule has 23 heavy (non-hydrogen) atoms. The number of phenols is 2. The molecule has 0 spiro atoms. The lowest BCUT2D eigenvalue weighted by molar-refractivity contribution is -0.536. The number of benzene rings is 2. The molecule has 122 valence electrons. The number of phenolic OH excluding ortho intramolecular Hbond substituents is 2. The van der Waals surface area contributed by atoms with Crippen LogP contribution in [0.5, 0.6) is 17.2 Å². The van der Waals surface area contributed by atoms with E-state index in [1.54, 1.807) is 38.3 Å². The first-order valence-corrected chi connectivity index (χ1v) is 7.42. The van der Waals surface area contributed by atoms with Gasteiger partial charge in [0.2, 0.25) is 0 Å². The Morgan fingerprint density at radius 1 is 0.957 bits per heavy atom. The van der Waals surface area contributed by atoms with E-state index in [0.29, 0.717) is 22.4 Å². The molecule has 1 saturated carbocycles. The molecule has 0 saturated heterocycles. The largest absolute Gasteiger partial charge is 0.851 e. The molecule has 2 aromatic rings. The van der Waals surface area contributed by atoms with Crippen LogP contribution in [0.25, 0.3) is 0 Å². The Morgan fingerprint density at radius 3 is 2.09 bits per heavy atom. The van der Waals surface area contributed by atoms with Crippen molar-refractivity contribution < 1.29 is 25.2 Å². The van der Waals surface area contributed by atoms with Crippen molar-refractivity contribution in [2.75, 3.05) is 7.11 Å². The number of rotatable bonds is 3. The number of methoxy groups -OCH3 is 1. The van der Waals surface area contributed by atoms with Crippen LogP contribution in [0.2, 0.25) is 0 Å². The van der Waals surface area contributed by atoms with Crippen LogP contribution in [0.15, 0.2) is 36.4 Å². The van der Waals surface area contributed by atoms with E-state index in [9.17, 15) is 20.4 Å². The van der Waals surface area contributed by atoms with Crippen molar-refractivity contribution in [3.8, 4) is 17.2 Å². The van der Waals surface area contributed by atoms with E-state index < -0.39 is 24.0 Å². The minimum absolute atomic E-state index is 0.0836. The van der Waals surface area contributed by atoms with Crippen molar-refractivity contribution in [2.45, 2.75) is 31.0 Å². The first-order valence-electron chi connectivity index (χ1n) is 7.42. The van der Waals surface area contributed by atoms with Crippen LogP contribution in [-0.4, -0.2) is 29.5 Å². The van der Waals surface area contributed by atoms with Crippen molar-refractivity contribution in [1.29, 1.82) is 0 Å². The fourth-order valence-electron chi connectivity index (χ4n) is 3.40. The third-order valence-corrected chi connectivity index (χ3v) is 4.60. The van der Waals surface area contributed by atoms with E-state index in [2.05, 4.69) is 0 Å². The maximum Gasteiger partial charge on any atom is 0.122 e. The van der Waals surface area contributed by atoms with Gasteiger partial charge in [0, 0.05) is 6.07 Å². The van der Waals surface area contributed by atoms with Gasteiger partial charge in [-0.2, -0.15) is 0 Å². The van der Waals surface area contributed by atoms with Crippen molar-refractivity contribution in [1.82, 2.24) is 0 Å². The van der Waals surface area contributed by atoms with E-state index in [0.717, 1.165) is 0 Å². The summed E-state index contributed by atoms with van der Waals surface area (Å²) in [7, 11) is 1.55. The predicted octanol–water partition coefficient (Wildman–Crippen LogP) is 0.754. The Balaban J connectivity index is 1.89. The van der Waals surface area contributed by atoms with Gasteiger partial charge < -0.3 is 25.2 Å². The van der Waals surface area contributed by atoms with E-state index >= 15 is 0 Å². The van der Waals surface area contributed by atoms with Crippen molar-refractivity contribution in [3.05, 3.63) is 53.1 Å². The normalized spacial score (nSPS) is 26.6. The molecule has 0 heterocycles. The molecule has 5 heteroatoms. The highest BCUT2D eigenvalue weighted by Crippen LogP contribution is 2.49. The van der Waals surface area contributed by atoms with E-state index in [-0.39, 0.29) is 11.5 Å². The van der Waals surface area contributed by atoms with Gasteiger partial charge in [0.05, 0.1) is 7.11 Å². The molecule has 2 atom stereocenters. The number of hydrogen-bond acceptors (Lipinski definition) is 5. The van der Waals surface area contributed by atoms with Gasteiger partial charge in [0.25, 0.3) is 0 Å². The van der Waals surface area contributed by atoms with Gasteiger partial charge in [-0.3, -0.25) is 0 Å². The molecule has 1 fully saturated rings. The van der Waals surface area contributed by atoms with E-state index in [1.807, 2.05) is 0 Å². The summed E-state index contributed by atoms with van der Waals surface area (Å²) < 4.78 is 5.07. The highest BCUT2D eigenvalue weighted by atomic mass is 16.5. The zero-order valence-corrected chi connectivity index (χ0v) is 12.9. The molecule has 0 bridgehead atoms. The Hall–Kier alpha value is -2.24. The highest BCUT2D eigenvalue weighted by Gasteiger charge is 2.40. The van der Waals surface area contributed by atoms with Crippen molar-refractivity contribution in [3.63, 3.8) is 0 Å². The average Bonchev–Trinajstić information content (AvgIpc) is 2.51. The molecule has 2 N–H and O–H groups in total. The van der Waals surface area contributed by atoms with Gasteiger partial charge in [-0.25, -0.2) is 0 Å². The summed E-state index contributed by atoms with van der Waals surface area (Å²) in [6, 6.07) is 9.55. The summed E-state index contributed by atoms with van der Waals surface area (Å²) in [5.74, 6) is -1.05. The molecule has 1 aliphatic carbocycles. The molecule has 3 rings (SSSR count). The van der Waals surface area contributed by atoms with Crippen LogP contribution in [0.4, 0.5) is 0 Å². The summed E-state index contributed by atoms with van der Waals surface area (Å²) in [5.41, 5.74) is 1.60. The summed E-state index contributed by atoms with van der Waals surface area (Å²) in [5, 5.41) is 44.7. The monoisotopic (exact) mass is 314 g/mol. The third kappa shape index (κ3) is 2.52. The zero-order valence-electron chi connectivity index (χ0n) is 12.9. The molecular weight excluding hydrogens is 296 g/mol. The second-order valence-electron chi connectivity index (χ2n) is 5.95.